The number of carbonyl (C=O) groups excluding carboxylic acids is 1. The van der Waals surface area contributed by atoms with E-state index in [-0.39, 0.29) is 11.2 Å². The van der Waals surface area contributed by atoms with Gasteiger partial charge in [-0.3, -0.25) is 9.00 Å². The third-order valence-corrected chi connectivity index (χ3v) is 5.76. The first-order valence-electron chi connectivity index (χ1n) is 6.82. The average molecular weight is 331 g/mol. The van der Waals surface area contributed by atoms with Gasteiger partial charge in [-0.15, -0.1) is 0 Å². The second-order valence-electron chi connectivity index (χ2n) is 5.00. The second kappa shape index (κ2) is 7.24. The summed E-state index contributed by atoms with van der Waals surface area (Å²) in [6, 6.07) is 4.85. The molecular formula is C14H19ClN2O3S. The molecule has 1 heterocycles. The van der Waals surface area contributed by atoms with E-state index in [2.05, 4.69) is 5.32 Å². The Morgan fingerprint density at radius 1 is 1.48 bits per heavy atom. The Morgan fingerprint density at radius 2 is 2.14 bits per heavy atom. The molecule has 1 aliphatic rings. The van der Waals surface area contributed by atoms with Crippen LogP contribution in [0.5, 0.6) is 0 Å². The van der Waals surface area contributed by atoms with Crippen molar-refractivity contribution in [2.24, 2.45) is 0 Å². The fourth-order valence-corrected chi connectivity index (χ4v) is 3.85. The van der Waals surface area contributed by atoms with Gasteiger partial charge >= 0.3 is 0 Å². The zero-order valence-electron chi connectivity index (χ0n) is 11.8. The molecule has 1 aromatic rings. The Morgan fingerprint density at radius 3 is 2.81 bits per heavy atom. The lowest BCUT2D eigenvalue weighted by molar-refractivity contribution is -0.115. The molecule has 0 aromatic heterocycles. The van der Waals surface area contributed by atoms with Gasteiger partial charge in [-0.25, -0.2) is 0 Å². The Kier molecular flexibility index (Phi) is 5.61. The summed E-state index contributed by atoms with van der Waals surface area (Å²) in [5.41, 5.74) is 6.67. The van der Waals surface area contributed by atoms with E-state index in [1.807, 2.05) is 0 Å². The number of amides is 1. The van der Waals surface area contributed by atoms with Gasteiger partial charge in [-0.2, -0.15) is 0 Å². The summed E-state index contributed by atoms with van der Waals surface area (Å²) in [6.45, 7) is 2.87. The molecule has 1 amide bonds. The Bertz CT molecular complexity index is 547. The quantitative estimate of drug-likeness (QED) is 0.829. The van der Waals surface area contributed by atoms with Crippen LogP contribution in [0.25, 0.3) is 0 Å². The molecule has 116 valence electrons. The minimum atomic E-state index is -1.23. The summed E-state index contributed by atoms with van der Waals surface area (Å²) in [6.07, 6.45) is 1.45. The van der Waals surface area contributed by atoms with Crippen LogP contribution in [0.15, 0.2) is 18.2 Å². The number of nitrogens with two attached hydrogens (primary N) is 1. The van der Waals surface area contributed by atoms with Crippen LogP contribution < -0.4 is 11.1 Å². The van der Waals surface area contributed by atoms with E-state index in [4.69, 9.17) is 22.1 Å². The highest BCUT2D eigenvalue weighted by Gasteiger charge is 2.29. The highest BCUT2D eigenvalue weighted by Crippen LogP contribution is 2.24. The van der Waals surface area contributed by atoms with Gasteiger partial charge in [0.05, 0.1) is 11.4 Å². The van der Waals surface area contributed by atoms with Crippen molar-refractivity contribution >= 4 is 39.7 Å². The fraction of sp³-hybridized carbons (Fsp3) is 0.500. The van der Waals surface area contributed by atoms with E-state index in [1.54, 1.807) is 25.1 Å². The monoisotopic (exact) mass is 330 g/mol. The van der Waals surface area contributed by atoms with Crippen LogP contribution in [0.3, 0.4) is 0 Å². The molecule has 1 aromatic carbocycles. The van der Waals surface area contributed by atoms with Crippen LogP contribution in [0.2, 0.25) is 5.02 Å². The lowest BCUT2D eigenvalue weighted by Gasteiger charge is -2.24. The maximum atomic E-state index is 12.4. The fourth-order valence-electron chi connectivity index (χ4n) is 2.17. The minimum Gasteiger partial charge on any atom is -0.397 e. The highest BCUT2D eigenvalue weighted by molar-refractivity contribution is 7.87. The standard InChI is InChI=1S/C14H19ClN2O3S/c1-9(21(19)11-4-6-20-7-5-11)14(18)17-13-8-10(15)2-3-12(13)16/h2-3,8-9,11H,4-7,16H2,1H3,(H,17,18). The topological polar surface area (TPSA) is 81.4 Å². The van der Waals surface area contributed by atoms with Crippen molar-refractivity contribution in [1.82, 2.24) is 0 Å². The lowest BCUT2D eigenvalue weighted by atomic mass is 10.2. The number of nitrogens with one attached hydrogen (secondary N) is 1. The number of benzene rings is 1. The predicted octanol–water partition coefficient (Wildman–Crippen LogP) is 2.18. The Balaban J connectivity index is 2.01. The van der Waals surface area contributed by atoms with Crippen molar-refractivity contribution in [1.29, 1.82) is 0 Å². The van der Waals surface area contributed by atoms with Gasteiger partial charge in [0.1, 0.15) is 5.25 Å². The van der Waals surface area contributed by atoms with E-state index in [9.17, 15) is 9.00 Å². The molecule has 0 aliphatic carbocycles. The Labute approximate surface area is 131 Å². The van der Waals surface area contributed by atoms with E-state index < -0.39 is 16.0 Å². The number of halogens is 1. The summed E-state index contributed by atoms with van der Waals surface area (Å²) in [5.74, 6) is -0.311. The van der Waals surface area contributed by atoms with Crippen LogP contribution >= 0.6 is 11.6 Å². The van der Waals surface area contributed by atoms with E-state index >= 15 is 0 Å². The largest absolute Gasteiger partial charge is 0.397 e. The van der Waals surface area contributed by atoms with E-state index in [0.29, 0.717) is 29.6 Å². The lowest BCUT2D eigenvalue weighted by Crippen LogP contribution is -2.37. The molecule has 0 saturated carbocycles. The molecule has 1 saturated heterocycles. The number of anilines is 2. The first-order chi connectivity index (χ1) is 9.99. The highest BCUT2D eigenvalue weighted by atomic mass is 35.5. The SMILES string of the molecule is CC(C(=O)Nc1cc(Cl)ccc1N)S(=O)C1CCOCC1. The first-order valence-corrected chi connectivity index (χ1v) is 8.47. The Hall–Kier alpha value is -1.11. The molecule has 0 radical (unpaired) electrons. The zero-order valence-corrected chi connectivity index (χ0v) is 13.4. The van der Waals surface area contributed by atoms with Crippen LogP contribution in [0, 0.1) is 0 Å². The van der Waals surface area contributed by atoms with Gasteiger partial charge < -0.3 is 15.8 Å². The maximum absolute atomic E-state index is 12.4. The van der Waals surface area contributed by atoms with Crippen LogP contribution in [0.4, 0.5) is 11.4 Å². The number of hydrogen-bond acceptors (Lipinski definition) is 4. The smallest absolute Gasteiger partial charge is 0.239 e. The van der Waals surface area contributed by atoms with Gasteiger partial charge in [-0.05, 0) is 38.0 Å². The molecule has 21 heavy (non-hydrogen) atoms. The molecule has 2 rings (SSSR count). The first kappa shape index (κ1) is 16.3. The third-order valence-electron chi connectivity index (χ3n) is 3.49. The van der Waals surface area contributed by atoms with Crippen molar-refractivity contribution in [2.75, 3.05) is 24.3 Å². The van der Waals surface area contributed by atoms with E-state index in [0.717, 1.165) is 12.8 Å². The summed E-state index contributed by atoms with van der Waals surface area (Å²) in [5, 5.41) is 2.59. The minimum absolute atomic E-state index is 0.0104. The van der Waals surface area contributed by atoms with Gasteiger partial charge in [0.25, 0.3) is 0 Å². The summed E-state index contributed by atoms with van der Waals surface area (Å²) < 4.78 is 17.7. The number of nitrogen functional groups attached to an aromatic ring is 1. The number of rotatable bonds is 4. The number of carbonyl (C=O) groups is 1. The van der Waals surface area contributed by atoms with Crippen LogP contribution in [0.1, 0.15) is 19.8 Å². The van der Waals surface area contributed by atoms with Gasteiger partial charge in [-0.1, -0.05) is 11.6 Å². The van der Waals surface area contributed by atoms with Crippen LogP contribution in [-0.4, -0.2) is 33.8 Å². The molecule has 0 bridgehead atoms. The van der Waals surface area contributed by atoms with Gasteiger partial charge in [0, 0.05) is 34.3 Å². The molecule has 1 fully saturated rings. The number of ether oxygens (including phenoxy) is 1. The summed E-state index contributed by atoms with van der Waals surface area (Å²) in [4.78, 5) is 12.2. The van der Waals surface area contributed by atoms with Gasteiger partial charge in [0.15, 0.2) is 0 Å². The predicted molar refractivity (Wildman–Crippen MR) is 85.9 cm³/mol. The second-order valence-corrected chi connectivity index (χ2v) is 7.47. The summed E-state index contributed by atoms with van der Waals surface area (Å²) in [7, 11) is -1.23. The third kappa shape index (κ3) is 4.18. The summed E-state index contributed by atoms with van der Waals surface area (Å²) >= 11 is 5.88. The van der Waals surface area contributed by atoms with Crippen LogP contribution in [-0.2, 0) is 20.3 Å². The van der Waals surface area contributed by atoms with Crippen molar-refractivity contribution < 1.29 is 13.7 Å². The van der Waals surface area contributed by atoms with E-state index in [1.165, 1.54) is 0 Å². The van der Waals surface area contributed by atoms with Crippen molar-refractivity contribution in [3.63, 3.8) is 0 Å². The zero-order chi connectivity index (χ0) is 15.4. The van der Waals surface area contributed by atoms with Crippen molar-refractivity contribution in [3.05, 3.63) is 23.2 Å². The normalized spacial score (nSPS) is 19.0. The van der Waals surface area contributed by atoms with Crippen molar-refractivity contribution in [2.45, 2.75) is 30.3 Å². The van der Waals surface area contributed by atoms with Gasteiger partial charge in [0.2, 0.25) is 5.91 Å². The molecule has 3 N–H and O–H groups in total. The maximum Gasteiger partial charge on any atom is 0.239 e. The molecule has 1 aliphatic heterocycles. The molecular weight excluding hydrogens is 312 g/mol. The molecule has 2 unspecified atom stereocenters. The molecule has 5 nitrogen and oxygen atoms in total. The number of hydrogen-bond donors (Lipinski definition) is 2. The molecule has 2 atom stereocenters. The average Bonchev–Trinajstić information content (AvgIpc) is 2.50. The molecule has 7 heteroatoms. The van der Waals surface area contributed by atoms with Crippen molar-refractivity contribution in [3.8, 4) is 0 Å². The molecule has 0 spiro atoms.